The van der Waals surface area contributed by atoms with Gasteiger partial charge in [-0.05, 0) is 35.4 Å². The maximum atomic E-state index is 11.9. The number of carbonyl (C=O) groups is 2. The van der Waals surface area contributed by atoms with Crippen molar-refractivity contribution >= 4 is 22.9 Å². The second-order valence-electron chi connectivity index (χ2n) is 5.55. The number of alkyl carbamates (subject to hydrolysis) is 1. The molecule has 2 aromatic carbocycles. The molecule has 0 aliphatic heterocycles. The summed E-state index contributed by atoms with van der Waals surface area (Å²) in [5.74, 6) is -0.597. The quantitative estimate of drug-likeness (QED) is 0.485. The minimum atomic E-state index is -0.597. The van der Waals surface area contributed by atoms with Gasteiger partial charge >= 0.3 is 6.09 Å². The summed E-state index contributed by atoms with van der Waals surface area (Å²) in [4.78, 5) is 27.4. The highest BCUT2D eigenvalue weighted by atomic mass is 16.5. The van der Waals surface area contributed by atoms with Gasteiger partial charge in [0.05, 0.1) is 5.52 Å². The Labute approximate surface area is 149 Å². The summed E-state index contributed by atoms with van der Waals surface area (Å²) in [7, 11) is 0. The first-order chi connectivity index (χ1) is 12.7. The van der Waals surface area contributed by atoms with Crippen LogP contribution in [0.4, 0.5) is 4.79 Å². The van der Waals surface area contributed by atoms with E-state index in [9.17, 15) is 9.59 Å². The number of nitrogens with one attached hydrogen (secondary N) is 2. The Morgan fingerprint density at radius 2 is 1.81 bits per heavy atom. The summed E-state index contributed by atoms with van der Waals surface area (Å²) >= 11 is 0. The van der Waals surface area contributed by atoms with Crippen molar-refractivity contribution in [1.82, 2.24) is 15.8 Å². The molecule has 0 saturated heterocycles. The summed E-state index contributed by atoms with van der Waals surface area (Å²) in [5.41, 5.74) is 4.41. The lowest BCUT2D eigenvalue weighted by Crippen LogP contribution is -2.23. The van der Waals surface area contributed by atoms with Gasteiger partial charge in [0.15, 0.2) is 0 Å². The lowest BCUT2D eigenvalue weighted by Gasteiger charge is -2.09. The van der Waals surface area contributed by atoms with E-state index >= 15 is 0 Å². The number of rotatable bonds is 5. The molecular formula is C19H17N3O4. The molecule has 0 aliphatic carbocycles. The number of amides is 2. The van der Waals surface area contributed by atoms with Gasteiger partial charge in [0.1, 0.15) is 6.61 Å². The molecule has 0 unspecified atom stereocenters. The molecule has 1 aromatic heterocycles. The van der Waals surface area contributed by atoms with Gasteiger partial charge in [0.2, 0.25) is 0 Å². The molecule has 3 N–H and O–H groups in total. The highest BCUT2D eigenvalue weighted by Gasteiger charge is 2.07. The second kappa shape index (κ2) is 8.09. The van der Waals surface area contributed by atoms with Crippen molar-refractivity contribution in [3.63, 3.8) is 0 Å². The zero-order valence-corrected chi connectivity index (χ0v) is 13.8. The molecule has 0 spiro atoms. The van der Waals surface area contributed by atoms with Crippen molar-refractivity contribution in [2.75, 3.05) is 0 Å². The molecule has 2 amide bonds. The molecule has 3 aromatic rings. The first-order valence-electron chi connectivity index (χ1n) is 7.94. The Morgan fingerprint density at radius 1 is 1.04 bits per heavy atom. The van der Waals surface area contributed by atoms with Gasteiger partial charge in [-0.1, -0.05) is 30.3 Å². The number of aromatic nitrogens is 1. The van der Waals surface area contributed by atoms with Crippen LogP contribution in [0.5, 0.6) is 0 Å². The number of nitrogens with zero attached hydrogens (tertiary/aromatic N) is 1. The van der Waals surface area contributed by atoms with Crippen molar-refractivity contribution in [2.24, 2.45) is 0 Å². The van der Waals surface area contributed by atoms with Gasteiger partial charge in [-0.25, -0.2) is 10.3 Å². The summed E-state index contributed by atoms with van der Waals surface area (Å²) in [6.07, 6.45) is 1.16. The van der Waals surface area contributed by atoms with E-state index in [0.717, 1.165) is 22.0 Å². The molecular weight excluding hydrogens is 334 g/mol. The van der Waals surface area contributed by atoms with Crippen LogP contribution >= 0.6 is 0 Å². The molecule has 0 atom stereocenters. The summed E-state index contributed by atoms with van der Waals surface area (Å²) in [6, 6.07) is 15.9. The lowest BCUT2D eigenvalue weighted by atomic mass is 10.1. The number of benzene rings is 2. The van der Waals surface area contributed by atoms with Gasteiger partial charge < -0.3 is 10.1 Å². The Bertz CT molecular complexity index is 920. The first-order valence-corrected chi connectivity index (χ1v) is 7.94. The minimum Gasteiger partial charge on any atom is -0.445 e. The molecule has 3 rings (SSSR count). The zero-order chi connectivity index (χ0) is 18.4. The van der Waals surface area contributed by atoms with Crippen LogP contribution in [0.15, 0.2) is 60.8 Å². The van der Waals surface area contributed by atoms with Gasteiger partial charge in [0.25, 0.3) is 5.91 Å². The van der Waals surface area contributed by atoms with E-state index in [1.807, 2.05) is 30.3 Å². The van der Waals surface area contributed by atoms with Crippen LogP contribution in [0.25, 0.3) is 10.9 Å². The van der Waals surface area contributed by atoms with Gasteiger partial charge in [-0.2, -0.15) is 0 Å². The molecule has 7 nitrogen and oxygen atoms in total. The number of ether oxygens (including phenoxy) is 1. The lowest BCUT2D eigenvalue weighted by molar-refractivity contribution is 0.0706. The smallest absolute Gasteiger partial charge is 0.407 e. The number of hydroxylamine groups is 1. The maximum absolute atomic E-state index is 11.9. The van der Waals surface area contributed by atoms with E-state index in [0.29, 0.717) is 12.1 Å². The number of hydrogen-bond donors (Lipinski definition) is 3. The third-order valence-corrected chi connectivity index (χ3v) is 3.85. The van der Waals surface area contributed by atoms with Crippen molar-refractivity contribution in [2.45, 2.75) is 13.2 Å². The molecule has 7 heteroatoms. The van der Waals surface area contributed by atoms with Crippen LogP contribution in [0, 0.1) is 0 Å². The Balaban J connectivity index is 1.53. The van der Waals surface area contributed by atoms with Gasteiger partial charge in [0, 0.05) is 23.7 Å². The van der Waals surface area contributed by atoms with Gasteiger partial charge in [-0.15, -0.1) is 0 Å². The molecule has 132 valence electrons. The van der Waals surface area contributed by atoms with E-state index in [1.165, 1.54) is 12.1 Å². The average Bonchev–Trinajstić information content (AvgIpc) is 2.70. The first kappa shape index (κ1) is 17.4. The van der Waals surface area contributed by atoms with E-state index in [-0.39, 0.29) is 6.61 Å². The highest BCUT2D eigenvalue weighted by Crippen LogP contribution is 2.15. The largest absolute Gasteiger partial charge is 0.445 e. The monoisotopic (exact) mass is 351 g/mol. The Morgan fingerprint density at radius 3 is 2.58 bits per heavy atom. The number of pyridine rings is 1. The topological polar surface area (TPSA) is 101 Å². The maximum Gasteiger partial charge on any atom is 0.407 e. The number of fused-ring (bicyclic) bond motifs is 1. The van der Waals surface area contributed by atoms with E-state index in [1.54, 1.807) is 23.8 Å². The van der Waals surface area contributed by atoms with Crippen LogP contribution in [0.3, 0.4) is 0 Å². The molecule has 1 heterocycles. The number of para-hydroxylation sites is 1. The Hall–Kier alpha value is -3.45. The van der Waals surface area contributed by atoms with Gasteiger partial charge in [-0.3, -0.25) is 15.0 Å². The van der Waals surface area contributed by atoms with E-state index in [2.05, 4.69) is 10.3 Å². The third kappa shape index (κ3) is 4.14. The van der Waals surface area contributed by atoms with E-state index in [4.69, 9.17) is 9.94 Å². The number of carbonyl (C=O) groups excluding carboxylic acids is 2. The van der Waals surface area contributed by atoms with Crippen molar-refractivity contribution in [1.29, 1.82) is 0 Å². The fourth-order valence-corrected chi connectivity index (χ4v) is 2.49. The van der Waals surface area contributed by atoms with E-state index < -0.39 is 12.0 Å². The molecule has 0 bridgehead atoms. The predicted octanol–water partition coefficient (Wildman–Crippen LogP) is 2.78. The second-order valence-corrected chi connectivity index (χ2v) is 5.55. The SMILES string of the molecule is O=C(NCc1ccnc2ccccc12)OCc1ccc(C(=O)NO)cc1. The molecule has 0 aliphatic rings. The zero-order valence-electron chi connectivity index (χ0n) is 13.8. The highest BCUT2D eigenvalue weighted by molar-refractivity contribution is 5.93. The summed E-state index contributed by atoms with van der Waals surface area (Å²) < 4.78 is 5.17. The molecule has 0 radical (unpaired) electrons. The predicted molar refractivity (Wildman–Crippen MR) is 94.5 cm³/mol. The normalized spacial score (nSPS) is 10.3. The van der Waals surface area contributed by atoms with Crippen LogP contribution in [-0.2, 0) is 17.9 Å². The van der Waals surface area contributed by atoms with Crippen molar-refractivity contribution in [3.8, 4) is 0 Å². The summed E-state index contributed by atoms with van der Waals surface area (Å²) in [6.45, 7) is 0.404. The molecule has 26 heavy (non-hydrogen) atoms. The standard InChI is InChI=1S/C19H17N3O4/c23-18(22-25)14-7-5-13(6-8-14)12-26-19(24)21-11-15-9-10-20-17-4-2-1-3-16(15)17/h1-10,25H,11-12H2,(H,21,24)(H,22,23). The fourth-order valence-electron chi connectivity index (χ4n) is 2.49. The fraction of sp³-hybridized carbons (Fsp3) is 0.105. The van der Waals surface area contributed by atoms with Crippen LogP contribution in [0.1, 0.15) is 21.5 Å². The minimum absolute atomic E-state index is 0.0734. The van der Waals surface area contributed by atoms with Crippen molar-refractivity contribution < 1.29 is 19.5 Å². The van der Waals surface area contributed by atoms with Crippen molar-refractivity contribution in [3.05, 3.63) is 77.5 Å². The third-order valence-electron chi connectivity index (χ3n) is 3.85. The Kier molecular flexibility index (Phi) is 5.40. The van der Waals surface area contributed by atoms with Crippen LogP contribution in [0.2, 0.25) is 0 Å². The summed E-state index contributed by atoms with van der Waals surface area (Å²) in [5, 5.41) is 12.3. The van der Waals surface area contributed by atoms with Crippen LogP contribution < -0.4 is 10.8 Å². The average molecular weight is 351 g/mol. The van der Waals surface area contributed by atoms with Crippen LogP contribution in [-0.4, -0.2) is 22.2 Å². The molecule has 0 saturated carbocycles. The molecule has 0 fully saturated rings. The number of hydrogen-bond acceptors (Lipinski definition) is 5.